The number of anilines is 1. The van der Waals surface area contributed by atoms with Crippen LogP contribution < -0.4 is 5.32 Å². The average Bonchev–Trinajstić information content (AvgIpc) is 2.82. The summed E-state index contributed by atoms with van der Waals surface area (Å²) in [6, 6.07) is 6.97. The van der Waals surface area contributed by atoms with Crippen molar-refractivity contribution < 1.29 is 14.7 Å². The first-order valence-corrected chi connectivity index (χ1v) is 6.08. The van der Waals surface area contributed by atoms with Crippen molar-refractivity contribution in [2.75, 3.05) is 5.32 Å². The van der Waals surface area contributed by atoms with Gasteiger partial charge in [0.25, 0.3) is 0 Å². The first kappa shape index (κ1) is 13.7. The van der Waals surface area contributed by atoms with Gasteiger partial charge < -0.3 is 10.4 Å². The highest BCUT2D eigenvalue weighted by molar-refractivity contribution is 5.89. The van der Waals surface area contributed by atoms with Gasteiger partial charge in [-0.1, -0.05) is 18.2 Å². The maximum absolute atomic E-state index is 11.1. The Morgan fingerprint density at radius 3 is 2.75 bits per heavy atom. The van der Waals surface area contributed by atoms with Gasteiger partial charge in [-0.3, -0.25) is 4.79 Å². The molecule has 1 heterocycles. The van der Waals surface area contributed by atoms with Gasteiger partial charge in [0.2, 0.25) is 5.91 Å². The summed E-state index contributed by atoms with van der Waals surface area (Å²) in [4.78, 5) is 22.1. The van der Waals surface area contributed by atoms with Gasteiger partial charge in [-0.15, -0.1) is 5.10 Å². The van der Waals surface area contributed by atoms with Crippen LogP contribution in [0.4, 0.5) is 5.69 Å². The fourth-order valence-corrected chi connectivity index (χ4v) is 1.91. The van der Waals surface area contributed by atoms with Crippen molar-refractivity contribution in [1.29, 1.82) is 0 Å². The number of benzene rings is 1. The Hall–Kier alpha value is -2.70. The zero-order valence-electron chi connectivity index (χ0n) is 11.1. The molecule has 0 unspecified atom stereocenters. The van der Waals surface area contributed by atoms with Crippen molar-refractivity contribution in [3.63, 3.8) is 0 Å². The Kier molecular flexibility index (Phi) is 3.79. The summed E-state index contributed by atoms with van der Waals surface area (Å²) in [7, 11) is 0. The number of hydrogen-bond acceptors (Lipinski definition) is 4. The number of nitrogens with zero attached hydrogens (tertiary/aromatic N) is 3. The molecule has 0 bridgehead atoms. The van der Waals surface area contributed by atoms with E-state index in [1.807, 2.05) is 6.92 Å². The van der Waals surface area contributed by atoms with Crippen LogP contribution in [-0.4, -0.2) is 32.0 Å². The first-order chi connectivity index (χ1) is 9.52. The summed E-state index contributed by atoms with van der Waals surface area (Å²) in [6.07, 6.45) is 0.485. The maximum atomic E-state index is 11.1. The largest absolute Gasteiger partial charge is 0.476 e. The Morgan fingerprint density at radius 1 is 1.40 bits per heavy atom. The molecule has 2 N–H and O–H groups in total. The molecule has 0 aliphatic heterocycles. The Bertz CT molecular complexity index is 663. The molecule has 2 aromatic rings. The van der Waals surface area contributed by atoms with Crippen molar-refractivity contribution in [3.05, 3.63) is 35.7 Å². The third-order valence-corrected chi connectivity index (χ3v) is 2.71. The summed E-state index contributed by atoms with van der Waals surface area (Å²) >= 11 is 0. The Labute approximate surface area is 115 Å². The van der Waals surface area contributed by atoms with Crippen LogP contribution in [0.15, 0.2) is 24.3 Å². The smallest absolute Gasteiger partial charge is 0.358 e. The topological polar surface area (TPSA) is 97.1 Å². The van der Waals surface area contributed by atoms with Crippen LogP contribution >= 0.6 is 0 Å². The van der Waals surface area contributed by atoms with Crippen LogP contribution in [0.25, 0.3) is 5.69 Å². The number of carbonyl (C=O) groups is 2. The standard InChI is InChI=1S/C13H14N4O3/c1-3-11-12(13(19)20)15-16-17(11)10-6-4-5-9(7-10)14-8(2)18/h4-7H,3H2,1-2H3,(H,14,18)(H,19,20). The summed E-state index contributed by atoms with van der Waals surface area (Å²) in [5.41, 5.74) is 1.72. The van der Waals surface area contributed by atoms with Gasteiger partial charge in [-0.2, -0.15) is 0 Å². The van der Waals surface area contributed by atoms with Crippen molar-refractivity contribution in [1.82, 2.24) is 15.0 Å². The minimum atomic E-state index is -1.11. The zero-order chi connectivity index (χ0) is 14.7. The molecule has 0 spiro atoms. The van der Waals surface area contributed by atoms with Gasteiger partial charge in [-0.05, 0) is 24.6 Å². The SMILES string of the molecule is CCc1c(C(=O)O)nnn1-c1cccc(NC(C)=O)c1. The van der Waals surface area contributed by atoms with E-state index < -0.39 is 5.97 Å². The van der Waals surface area contributed by atoms with Crippen LogP contribution in [0.5, 0.6) is 0 Å². The molecular formula is C13H14N4O3. The number of nitrogens with one attached hydrogen (secondary N) is 1. The van der Waals surface area contributed by atoms with Crippen LogP contribution in [0.3, 0.4) is 0 Å². The lowest BCUT2D eigenvalue weighted by Gasteiger charge is -2.07. The first-order valence-electron chi connectivity index (χ1n) is 6.08. The van der Waals surface area contributed by atoms with E-state index in [9.17, 15) is 9.59 Å². The van der Waals surface area contributed by atoms with Crippen molar-refractivity contribution in [3.8, 4) is 5.69 Å². The summed E-state index contributed by atoms with van der Waals surface area (Å²) < 4.78 is 1.47. The second-order valence-corrected chi connectivity index (χ2v) is 4.19. The molecule has 1 amide bonds. The van der Waals surface area contributed by atoms with Crippen molar-refractivity contribution in [2.24, 2.45) is 0 Å². The predicted octanol–water partition coefficient (Wildman–Crippen LogP) is 1.49. The Morgan fingerprint density at radius 2 is 2.15 bits per heavy atom. The molecule has 0 saturated carbocycles. The molecule has 0 atom stereocenters. The highest BCUT2D eigenvalue weighted by Crippen LogP contribution is 2.17. The van der Waals surface area contributed by atoms with E-state index in [1.54, 1.807) is 24.3 Å². The number of carbonyl (C=O) groups excluding carboxylic acids is 1. The normalized spacial score (nSPS) is 10.3. The van der Waals surface area contributed by atoms with Gasteiger partial charge in [0, 0.05) is 12.6 Å². The lowest BCUT2D eigenvalue weighted by molar-refractivity contribution is -0.114. The number of carboxylic acid groups (broad SMARTS) is 1. The minimum Gasteiger partial charge on any atom is -0.476 e. The lowest BCUT2D eigenvalue weighted by Crippen LogP contribution is -2.08. The third-order valence-electron chi connectivity index (χ3n) is 2.71. The highest BCUT2D eigenvalue weighted by atomic mass is 16.4. The zero-order valence-corrected chi connectivity index (χ0v) is 11.1. The quantitative estimate of drug-likeness (QED) is 0.880. The average molecular weight is 274 g/mol. The van der Waals surface area contributed by atoms with E-state index in [0.717, 1.165) is 0 Å². The second kappa shape index (κ2) is 5.52. The molecule has 7 heteroatoms. The van der Waals surface area contributed by atoms with E-state index in [2.05, 4.69) is 15.6 Å². The molecule has 0 aliphatic rings. The van der Waals surface area contributed by atoms with Crippen molar-refractivity contribution in [2.45, 2.75) is 20.3 Å². The fraction of sp³-hybridized carbons (Fsp3) is 0.231. The van der Waals surface area contributed by atoms with Gasteiger partial charge in [0.15, 0.2) is 5.69 Å². The molecule has 1 aromatic carbocycles. The predicted molar refractivity (Wildman–Crippen MR) is 72.0 cm³/mol. The molecule has 7 nitrogen and oxygen atoms in total. The number of aromatic carboxylic acids is 1. The van der Waals surface area contributed by atoms with E-state index in [4.69, 9.17) is 5.11 Å². The highest BCUT2D eigenvalue weighted by Gasteiger charge is 2.18. The molecule has 0 fully saturated rings. The monoisotopic (exact) mass is 274 g/mol. The van der Waals surface area contributed by atoms with Gasteiger partial charge in [0.05, 0.1) is 11.4 Å². The van der Waals surface area contributed by atoms with Gasteiger partial charge in [-0.25, -0.2) is 9.48 Å². The second-order valence-electron chi connectivity index (χ2n) is 4.19. The van der Waals surface area contributed by atoms with Crippen LogP contribution in [-0.2, 0) is 11.2 Å². The van der Waals surface area contributed by atoms with E-state index in [1.165, 1.54) is 11.6 Å². The molecule has 1 aromatic heterocycles. The van der Waals surface area contributed by atoms with Crippen molar-refractivity contribution >= 4 is 17.6 Å². The fourth-order valence-electron chi connectivity index (χ4n) is 1.91. The third kappa shape index (κ3) is 2.66. The van der Waals surface area contributed by atoms with Crippen LogP contribution in [0, 0.1) is 0 Å². The number of rotatable bonds is 4. The lowest BCUT2D eigenvalue weighted by atomic mass is 10.2. The summed E-state index contributed by atoms with van der Waals surface area (Å²) in [6.45, 7) is 3.25. The van der Waals surface area contributed by atoms with Gasteiger partial charge in [0.1, 0.15) is 0 Å². The maximum Gasteiger partial charge on any atom is 0.358 e. The van der Waals surface area contributed by atoms with Crippen LogP contribution in [0.2, 0.25) is 0 Å². The number of carboxylic acids is 1. The molecule has 0 saturated heterocycles. The van der Waals surface area contributed by atoms with E-state index in [0.29, 0.717) is 23.5 Å². The van der Waals surface area contributed by atoms with E-state index in [-0.39, 0.29) is 11.6 Å². The molecular weight excluding hydrogens is 260 g/mol. The molecule has 0 aliphatic carbocycles. The summed E-state index contributed by atoms with van der Waals surface area (Å²) in [5, 5.41) is 19.3. The molecule has 2 rings (SSSR count). The summed E-state index contributed by atoms with van der Waals surface area (Å²) in [5.74, 6) is -1.28. The van der Waals surface area contributed by atoms with E-state index >= 15 is 0 Å². The molecule has 20 heavy (non-hydrogen) atoms. The Balaban J connectivity index is 2.46. The molecule has 0 radical (unpaired) electrons. The number of hydrogen-bond donors (Lipinski definition) is 2. The number of aromatic nitrogens is 3. The minimum absolute atomic E-state index is 0.0579. The van der Waals surface area contributed by atoms with Crippen LogP contribution in [0.1, 0.15) is 30.0 Å². The number of amides is 1. The molecule has 104 valence electrons. The van der Waals surface area contributed by atoms with Gasteiger partial charge >= 0.3 is 5.97 Å².